The van der Waals surface area contributed by atoms with Crippen LogP contribution in [0.15, 0.2) is 70.7 Å². The molecule has 0 aliphatic heterocycles. The van der Waals surface area contributed by atoms with E-state index in [2.05, 4.69) is 9.98 Å². The van der Waals surface area contributed by atoms with Gasteiger partial charge in [-0.1, -0.05) is 47.5 Å². The van der Waals surface area contributed by atoms with Crippen LogP contribution in [0.5, 0.6) is 0 Å². The molecule has 0 atom stereocenters. The number of hydrogen-bond acceptors (Lipinski definition) is 6. The Morgan fingerprint density at radius 1 is 0.710 bits per heavy atom. The van der Waals surface area contributed by atoms with E-state index in [-0.39, 0.29) is 16.5 Å². The van der Waals surface area contributed by atoms with E-state index >= 15 is 0 Å². The molecule has 0 radical (unpaired) electrons. The standard InChI is InChI=1S/2C11H12ClNS2.Ni/c2*1-13-11(15-2)7-10(14)8-3-5-9(12)6-4-8;/h2*3-7,14H,1-2H3;/q;;+2/p-2/b2*10-7-,13-11?;. The Morgan fingerprint density at radius 2 is 1.00 bits per heavy atom. The van der Waals surface area contributed by atoms with E-state index in [9.17, 15) is 0 Å². The van der Waals surface area contributed by atoms with Crippen LogP contribution in [0.3, 0.4) is 0 Å². The third-order valence-electron chi connectivity index (χ3n) is 3.63. The number of benzene rings is 2. The summed E-state index contributed by atoms with van der Waals surface area (Å²) in [5.74, 6) is 0. The van der Waals surface area contributed by atoms with Crippen molar-refractivity contribution >= 4 is 91.9 Å². The maximum Gasteiger partial charge on any atom is 2.00 e. The monoisotopic (exact) mass is 570 g/mol. The smallest absolute Gasteiger partial charge is 0.779 e. The quantitative estimate of drug-likeness (QED) is 0.167. The zero-order valence-electron chi connectivity index (χ0n) is 17.4. The number of aliphatic imine (C=N–C) groups is 2. The fourth-order valence-electron chi connectivity index (χ4n) is 2.05. The van der Waals surface area contributed by atoms with Crippen LogP contribution in [0.2, 0.25) is 10.0 Å². The van der Waals surface area contributed by atoms with Crippen LogP contribution in [0, 0.1) is 0 Å². The number of thioether (sulfide) groups is 2. The number of rotatable bonds is 4. The topological polar surface area (TPSA) is 24.7 Å². The van der Waals surface area contributed by atoms with Gasteiger partial charge in [0, 0.05) is 24.1 Å². The van der Waals surface area contributed by atoms with Crippen molar-refractivity contribution in [3.63, 3.8) is 0 Å². The van der Waals surface area contributed by atoms with E-state index in [0.717, 1.165) is 41.1 Å². The summed E-state index contributed by atoms with van der Waals surface area (Å²) >= 11 is 25.3. The summed E-state index contributed by atoms with van der Waals surface area (Å²) in [4.78, 5) is 9.76. The van der Waals surface area contributed by atoms with Crippen molar-refractivity contribution in [1.82, 2.24) is 0 Å². The van der Waals surface area contributed by atoms with Crippen LogP contribution in [0.1, 0.15) is 11.1 Å². The van der Waals surface area contributed by atoms with Crippen molar-refractivity contribution < 1.29 is 16.5 Å². The van der Waals surface area contributed by atoms with Gasteiger partial charge in [-0.15, -0.1) is 23.5 Å². The number of halogens is 2. The third kappa shape index (κ3) is 11.8. The van der Waals surface area contributed by atoms with Gasteiger partial charge in [-0.2, -0.15) is 9.81 Å². The van der Waals surface area contributed by atoms with E-state index in [1.54, 1.807) is 37.6 Å². The van der Waals surface area contributed by atoms with Gasteiger partial charge >= 0.3 is 16.5 Å². The van der Waals surface area contributed by atoms with Crippen molar-refractivity contribution in [2.24, 2.45) is 9.98 Å². The average molecular weight is 572 g/mol. The predicted octanol–water partition coefficient (Wildman–Crippen LogP) is 7.24. The molecule has 0 bridgehead atoms. The summed E-state index contributed by atoms with van der Waals surface area (Å²) in [5, 5.41) is 3.29. The van der Waals surface area contributed by atoms with Gasteiger partial charge in [0.15, 0.2) is 0 Å². The van der Waals surface area contributed by atoms with Crippen molar-refractivity contribution in [3.8, 4) is 0 Å². The number of hydrogen-bond donors (Lipinski definition) is 0. The second kappa shape index (κ2) is 17.0. The minimum atomic E-state index is 0. The van der Waals surface area contributed by atoms with Crippen LogP contribution in [0.25, 0.3) is 9.81 Å². The fraction of sp³-hybridized carbons (Fsp3) is 0.182. The molecule has 31 heavy (non-hydrogen) atoms. The first-order valence-corrected chi connectivity index (χ1v) is 12.7. The van der Waals surface area contributed by atoms with E-state index in [4.69, 9.17) is 48.5 Å². The maximum atomic E-state index is 5.80. The normalized spacial score (nSPS) is 12.6. The molecule has 0 aliphatic carbocycles. The Morgan fingerprint density at radius 3 is 1.23 bits per heavy atom. The van der Waals surface area contributed by atoms with Gasteiger partial charge in [-0.25, -0.2) is 0 Å². The molecule has 168 valence electrons. The van der Waals surface area contributed by atoms with E-state index in [0.29, 0.717) is 0 Å². The molecule has 2 aromatic carbocycles. The fourth-order valence-corrected chi connectivity index (χ4v) is 3.78. The Bertz CT molecular complexity index is 848. The Balaban J connectivity index is 0.000000562. The molecule has 2 rings (SSSR count). The molecule has 0 amide bonds. The van der Waals surface area contributed by atoms with E-state index < -0.39 is 0 Å². The molecule has 0 spiro atoms. The first-order valence-electron chi connectivity index (χ1n) is 8.65. The zero-order valence-corrected chi connectivity index (χ0v) is 23.1. The molecule has 0 N–H and O–H groups in total. The molecule has 9 heteroatoms. The molecule has 0 saturated carbocycles. The van der Waals surface area contributed by atoms with Crippen LogP contribution in [-0.2, 0) is 41.7 Å². The summed E-state index contributed by atoms with van der Waals surface area (Å²) in [5.41, 5.74) is 1.98. The minimum absolute atomic E-state index is 0. The van der Waals surface area contributed by atoms with Gasteiger partial charge in [0.2, 0.25) is 0 Å². The maximum absolute atomic E-state index is 5.80. The summed E-state index contributed by atoms with van der Waals surface area (Å²) in [6, 6.07) is 15.0. The SMILES string of the molecule is CN=C(/C=C(\[S-])c1ccc(Cl)cc1)SC.CN=C(/C=C(\[S-])c1ccc(Cl)cc1)SC.[Ni+2]. The van der Waals surface area contributed by atoms with Gasteiger partial charge in [0.05, 0.1) is 10.1 Å². The molecule has 0 unspecified atom stereocenters. The predicted molar refractivity (Wildman–Crippen MR) is 147 cm³/mol. The van der Waals surface area contributed by atoms with Gasteiger partial charge < -0.3 is 25.3 Å². The van der Waals surface area contributed by atoms with Gasteiger partial charge in [-0.3, -0.25) is 9.98 Å². The zero-order chi connectivity index (χ0) is 22.5. The first-order chi connectivity index (χ1) is 14.3. The van der Waals surface area contributed by atoms with E-state index in [1.165, 1.54) is 0 Å². The molecule has 2 nitrogen and oxygen atoms in total. The summed E-state index contributed by atoms with van der Waals surface area (Å²) in [7, 11) is 3.51. The Labute approximate surface area is 225 Å². The molecule has 0 heterocycles. The van der Waals surface area contributed by atoms with Gasteiger partial charge in [0.25, 0.3) is 0 Å². The number of nitrogens with zero attached hydrogens (tertiary/aromatic N) is 2. The molecular weight excluding hydrogens is 550 g/mol. The Hall–Kier alpha value is -0.526. The molecular formula is C22H22Cl2N2NiS4. The summed E-state index contributed by atoms with van der Waals surface area (Å²) in [6.07, 6.45) is 7.74. The summed E-state index contributed by atoms with van der Waals surface area (Å²) < 4.78 is 0. The van der Waals surface area contributed by atoms with Crippen LogP contribution in [0.4, 0.5) is 0 Å². The second-order valence-electron chi connectivity index (χ2n) is 5.56. The van der Waals surface area contributed by atoms with Crippen molar-refractivity contribution in [2.75, 3.05) is 26.6 Å². The van der Waals surface area contributed by atoms with Crippen LogP contribution >= 0.6 is 46.7 Å². The first kappa shape index (κ1) is 30.5. The van der Waals surface area contributed by atoms with Crippen molar-refractivity contribution in [1.29, 1.82) is 0 Å². The molecule has 0 saturated heterocycles. The molecule has 0 aromatic heterocycles. The molecule has 0 fully saturated rings. The van der Waals surface area contributed by atoms with Crippen LogP contribution < -0.4 is 0 Å². The largest absolute Gasteiger partial charge is 2.00 e. The Kier molecular flexibility index (Phi) is 16.7. The van der Waals surface area contributed by atoms with E-state index in [1.807, 2.05) is 73.2 Å². The van der Waals surface area contributed by atoms with Crippen molar-refractivity contribution in [3.05, 3.63) is 81.9 Å². The molecule has 2 aromatic rings. The van der Waals surface area contributed by atoms with Gasteiger partial charge in [-0.05, 0) is 60.1 Å². The van der Waals surface area contributed by atoms with Crippen molar-refractivity contribution in [2.45, 2.75) is 0 Å². The van der Waals surface area contributed by atoms with Crippen LogP contribution in [-0.4, -0.2) is 36.7 Å². The second-order valence-corrected chi connectivity index (χ2v) is 8.97. The molecule has 0 aliphatic rings. The van der Waals surface area contributed by atoms with Gasteiger partial charge in [0.1, 0.15) is 0 Å². The average Bonchev–Trinajstić information content (AvgIpc) is 2.76. The minimum Gasteiger partial charge on any atom is -0.779 e. The summed E-state index contributed by atoms with van der Waals surface area (Å²) in [6.45, 7) is 0. The third-order valence-corrected chi connectivity index (χ3v) is 6.27.